The fraction of sp³-hybridized carbons (Fsp3) is 0.185. The molecule has 0 aliphatic carbocycles. The Hall–Kier alpha value is -4.46. The lowest BCUT2D eigenvalue weighted by Crippen LogP contribution is -2.29. The van der Waals surface area contributed by atoms with Gasteiger partial charge in [0, 0.05) is 36.3 Å². The lowest BCUT2D eigenvalue weighted by atomic mass is 9.96. The minimum atomic E-state index is -0.883. The molecule has 3 aromatic rings. The SMILES string of the molecule is CCCOc1ccc(/C(O)=C2/C(=O)C(=O)N(c3ccc(NC(C)=O)cc3)C2c2cccnc2)cc1. The quantitative estimate of drug-likeness (QED) is 0.299. The third-order valence-corrected chi connectivity index (χ3v) is 5.51. The summed E-state index contributed by atoms with van der Waals surface area (Å²) in [7, 11) is 0. The maximum Gasteiger partial charge on any atom is 0.300 e. The zero-order valence-corrected chi connectivity index (χ0v) is 19.4. The summed E-state index contributed by atoms with van der Waals surface area (Å²) in [5.74, 6) is -1.42. The number of anilines is 2. The zero-order valence-electron chi connectivity index (χ0n) is 19.4. The van der Waals surface area contributed by atoms with Crippen LogP contribution >= 0.6 is 0 Å². The minimum absolute atomic E-state index is 0.0313. The minimum Gasteiger partial charge on any atom is -0.507 e. The average molecular weight is 472 g/mol. The Labute approximate surface area is 202 Å². The van der Waals surface area contributed by atoms with Crippen LogP contribution in [0.2, 0.25) is 0 Å². The standard InChI is InChI=1S/C27H25N3O5/c1-3-15-35-22-12-6-18(7-13-22)25(32)23-24(19-5-4-14-28-16-19)30(27(34)26(23)33)21-10-8-20(9-11-21)29-17(2)31/h4-14,16,24,32H,3,15H2,1-2H3,(H,29,31)/b25-23-. The van der Waals surface area contributed by atoms with Crippen LogP contribution in [0, 0.1) is 0 Å². The first-order valence-corrected chi connectivity index (χ1v) is 11.2. The number of carbonyl (C=O) groups excluding carboxylic acids is 3. The van der Waals surface area contributed by atoms with Crippen LogP contribution in [0.4, 0.5) is 11.4 Å². The van der Waals surface area contributed by atoms with E-state index in [2.05, 4.69) is 10.3 Å². The highest BCUT2D eigenvalue weighted by molar-refractivity contribution is 6.51. The topological polar surface area (TPSA) is 109 Å². The molecule has 0 bridgehead atoms. The van der Waals surface area contributed by atoms with Crippen LogP contribution in [0.1, 0.15) is 37.4 Å². The first-order valence-electron chi connectivity index (χ1n) is 11.2. The molecule has 178 valence electrons. The molecule has 2 aromatic carbocycles. The monoisotopic (exact) mass is 471 g/mol. The Balaban J connectivity index is 1.79. The van der Waals surface area contributed by atoms with E-state index in [0.29, 0.717) is 34.9 Å². The van der Waals surface area contributed by atoms with Gasteiger partial charge in [0.25, 0.3) is 11.7 Å². The summed E-state index contributed by atoms with van der Waals surface area (Å²) < 4.78 is 5.59. The van der Waals surface area contributed by atoms with Crippen molar-refractivity contribution in [2.75, 3.05) is 16.8 Å². The van der Waals surface area contributed by atoms with E-state index in [1.54, 1.807) is 73.1 Å². The predicted octanol–water partition coefficient (Wildman–Crippen LogP) is 4.46. The number of nitrogens with one attached hydrogen (secondary N) is 1. The zero-order chi connectivity index (χ0) is 24.9. The molecule has 35 heavy (non-hydrogen) atoms. The molecule has 4 rings (SSSR count). The van der Waals surface area contributed by atoms with Crippen LogP contribution < -0.4 is 15.0 Å². The van der Waals surface area contributed by atoms with Crippen molar-refractivity contribution >= 4 is 34.7 Å². The highest BCUT2D eigenvalue weighted by Crippen LogP contribution is 2.42. The molecule has 2 heterocycles. The number of aromatic nitrogens is 1. The molecule has 8 heteroatoms. The second-order valence-corrected chi connectivity index (χ2v) is 8.06. The van der Waals surface area contributed by atoms with Gasteiger partial charge in [-0.2, -0.15) is 0 Å². The van der Waals surface area contributed by atoms with E-state index in [4.69, 9.17) is 4.74 Å². The molecule has 1 aliphatic rings. The Morgan fingerprint density at radius 3 is 2.40 bits per heavy atom. The summed E-state index contributed by atoms with van der Waals surface area (Å²) in [6.45, 7) is 3.97. The van der Waals surface area contributed by atoms with E-state index in [-0.39, 0.29) is 17.2 Å². The number of ketones is 1. The summed E-state index contributed by atoms with van der Waals surface area (Å²) in [4.78, 5) is 43.2. The van der Waals surface area contributed by atoms with Gasteiger partial charge < -0.3 is 15.2 Å². The number of benzene rings is 2. The van der Waals surface area contributed by atoms with Crippen molar-refractivity contribution in [1.29, 1.82) is 0 Å². The van der Waals surface area contributed by atoms with Crippen molar-refractivity contribution in [3.63, 3.8) is 0 Å². The number of carbonyl (C=O) groups is 3. The van der Waals surface area contributed by atoms with Gasteiger partial charge in [0.2, 0.25) is 5.91 Å². The summed E-state index contributed by atoms with van der Waals surface area (Å²) in [5.41, 5.74) is 1.93. The van der Waals surface area contributed by atoms with Gasteiger partial charge in [-0.05, 0) is 66.6 Å². The van der Waals surface area contributed by atoms with Gasteiger partial charge in [-0.25, -0.2) is 0 Å². The summed E-state index contributed by atoms with van der Waals surface area (Å²) in [6.07, 6.45) is 4.01. The van der Waals surface area contributed by atoms with Crippen LogP contribution in [0.15, 0.2) is 78.6 Å². The van der Waals surface area contributed by atoms with Gasteiger partial charge in [0.15, 0.2) is 0 Å². The molecule has 8 nitrogen and oxygen atoms in total. The molecule has 2 N–H and O–H groups in total. The number of amides is 2. The molecule has 1 saturated heterocycles. The number of ether oxygens (including phenoxy) is 1. The summed E-state index contributed by atoms with van der Waals surface area (Å²) in [6, 6.07) is 15.8. The molecule has 1 aliphatic heterocycles. The molecular formula is C27H25N3O5. The number of hydrogen-bond donors (Lipinski definition) is 2. The van der Waals surface area contributed by atoms with Crippen molar-refractivity contribution in [2.24, 2.45) is 0 Å². The number of aliphatic hydroxyl groups excluding tert-OH is 1. The van der Waals surface area contributed by atoms with Crippen LogP contribution in [0.3, 0.4) is 0 Å². The molecule has 0 saturated carbocycles. The molecule has 2 amide bonds. The smallest absolute Gasteiger partial charge is 0.300 e. The Morgan fingerprint density at radius 2 is 1.80 bits per heavy atom. The largest absolute Gasteiger partial charge is 0.507 e. The van der Waals surface area contributed by atoms with Gasteiger partial charge in [0.05, 0.1) is 18.2 Å². The van der Waals surface area contributed by atoms with Crippen LogP contribution in [0.5, 0.6) is 5.75 Å². The number of pyridine rings is 1. The lowest BCUT2D eigenvalue weighted by molar-refractivity contribution is -0.132. The van der Waals surface area contributed by atoms with Crippen LogP contribution in [0.25, 0.3) is 5.76 Å². The maximum atomic E-state index is 13.2. The maximum absolute atomic E-state index is 13.2. The summed E-state index contributed by atoms with van der Waals surface area (Å²) >= 11 is 0. The van der Waals surface area contributed by atoms with E-state index >= 15 is 0 Å². The van der Waals surface area contributed by atoms with Crippen molar-refractivity contribution in [3.8, 4) is 5.75 Å². The van der Waals surface area contributed by atoms with Crippen molar-refractivity contribution in [3.05, 3.63) is 89.8 Å². The second-order valence-electron chi connectivity index (χ2n) is 8.06. The fourth-order valence-corrected chi connectivity index (χ4v) is 3.95. The number of Topliss-reactive ketones (excluding diaryl/α,β-unsaturated/α-hetero) is 1. The van der Waals surface area contributed by atoms with Gasteiger partial charge in [-0.3, -0.25) is 24.3 Å². The highest BCUT2D eigenvalue weighted by atomic mass is 16.5. The molecule has 1 atom stereocenters. The van der Waals surface area contributed by atoms with Gasteiger partial charge in [0.1, 0.15) is 11.5 Å². The fourth-order valence-electron chi connectivity index (χ4n) is 3.95. The van der Waals surface area contributed by atoms with E-state index in [0.717, 1.165) is 6.42 Å². The van der Waals surface area contributed by atoms with E-state index in [1.165, 1.54) is 11.8 Å². The first-order chi connectivity index (χ1) is 16.9. The number of nitrogens with zero attached hydrogens (tertiary/aromatic N) is 2. The first kappa shape index (κ1) is 23.7. The average Bonchev–Trinajstić information content (AvgIpc) is 3.13. The molecular weight excluding hydrogens is 446 g/mol. The third-order valence-electron chi connectivity index (χ3n) is 5.51. The van der Waals surface area contributed by atoms with Crippen LogP contribution in [-0.4, -0.2) is 34.3 Å². The van der Waals surface area contributed by atoms with Gasteiger partial charge in [-0.15, -0.1) is 0 Å². The number of aliphatic hydroxyl groups is 1. The van der Waals surface area contributed by atoms with E-state index < -0.39 is 17.7 Å². The lowest BCUT2D eigenvalue weighted by Gasteiger charge is -2.25. The van der Waals surface area contributed by atoms with Crippen molar-refractivity contribution in [2.45, 2.75) is 26.3 Å². The second kappa shape index (κ2) is 10.2. The van der Waals surface area contributed by atoms with Gasteiger partial charge in [-0.1, -0.05) is 13.0 Å². The van der Waals surface area contributed by atoms with Crippen molar-refractivity contribution in [1.82, 2.24) is 4.98 Å². The molecule has 0 spiro atoms. The van der Waals surface area contributed by atoms with Crippen LogP contribution in [-0.2, 0) is 14.4 Å². The molecule has 1 unspecified atom stereocenters. The van der Waals surface area contributed by atoms with E-state index in [9.17, 15) is 19.5 Å². The molecule has 1 aromatic heterocycles. The Bertz CT molecular complexity index is 1270. The molecule has 1 fully saturated rings. The number of rotatable bonds is 7. The van der Waals surface area contributed by atoms with E-state index in [1.807, 2.05) is 6.92 Å². The molecule has 0 radical (unpaired) electrons. The van der Waals surface area contributed by atoms with Crippen molar-refractivity contribution < 1.29 is 24.2 Å². The summed E-state index contributed by atoms with van der Waals surface area (Å²) in [5, 5.41) is 13.9. The Kier molecular flexibility index (Phi) is 6.91. The van der Waals surface area contributed by atoms with Gasteiger partial charge >= 0.3 is 0 Å². The normalized spacial score (nSPS) is 16.9. The third kappa shape index (κ3) is 4.91. The Morgan fingerprint density at radius 1 is 1.09 bits per heavy atom. The predicted molar refractivity (Wildman–Crippen MR) is 132 cm³/mol. The highest BCUT2D eigenvalue weighted by Gasteiger charge is 2.47. The number of hydrogen-bond acceptors (Lipinski definition) is 6.